The molecule has 0 aromatic heterocycles. The van der Waals surface area contributed by atoms with E-state index in [0.717, 1.165) is 5.56 Å². The Morgan fingerprint density at radius 1 is 1.30 bits per heavy atom. The molecule has 124 valence electrons. The number of aliphatic carboxylic acids is 1. The van der Waals surface area contributed by atoms with Crippen LogP contribution in [-0.2, 0) is 20.9 Å². The van der Waals surface area contributed by atoms with Crippen molar-refractivity contribution in [2.75, 3.05) is 19.6 Å². The topological polar surface area (TPSA) is 95.9 Å². The Bertz CT molecular complexity index is 569. The molecule has 1 atom stereocenters. The van der Waals surface area contributed by atoms with Gasteiger partial charge in [-0.1, -0.05) is 30.3 Å². The molecule has 2 amide bonds. The highest BCUT2D eigenvalue weighted by Crippen LogP contribution is 2.16. The minimum absolute atomic E-state index is 0.129. The lowest BCUT2D eigenvalue weighted by Crippen LogP contribution is -2.54. The summed E-state index contributed by atoms with van der Waals surface area (Å²) >= 11 is 0. The quantitative estimate of drug-likeness (QED) is 0.765. The van der Waals surface area contributed by atoms with Gasteiger partial charge in [0.1, 0.15) is 12.5 Å². The molecule has 0 unspecified atom stereocenters. The monoisotopic (exact) mass is 320 g/mol. The number of nitrogens with one attached hydrogen (secondary N) is 1. The number of carbonyl (C=O) groups excluding carboxylic acids is 2. The predicted octanol–water partition coefficient (Wildman–Crippen LogP) is 1.09. The van der Waals surface area contributed by atoms with Crippen LogP contribution in [0.2, 0.25) is 0 Å². The lowest BCUT2D eigenvalue weighted by atomic mass is 10.0. The molecule has 7 heteroatoms. The summed E-state index contributed by atoms with van der Waals surface area (Å²) < 4.78 is 5.20. The van der Waals surface area contributed by atoms with E-state index >= 15 is 0 Å². The van der Waals surface area contributed by atoms with E-state index in [-0.39, 0.29) is 18.6 Å². The molecule has 0 radical (unpaired) electrons. The maximum Gasteiger partial charge on any atom is 0.410 e. The number of hydrogen-bond acceptors (Lipinski definition) is 4. The minimum Gasteiger partial charge on any atom is -0.481 e. The zero-order chi connectivity index (χ0) is 16.8. The van der Waals surface area contributed by atoms with Gasteiger partial charge in [-0.2, -0.15) is 0 Å². The van der Waals surface area contributed by atoms with Crippen LogP contribution >= 0.6 is 0 Å². The van der Waals surface area contributed by atoms with E-state index in [2.05, 4.69) is 5.32 Å². The molecule has 2 N–H and O–H groups in total. The number of amides is 2. The number of carbonyl (C=O) groups is 3. The molecule has 1 saturated heterocycles. The zero-order valence-corrected chi connectivity index (χ0v) is 12.9. The lowest BCUT2D eigenvalue weighted by molar-refractivity contribution is -0.146. The molecule has 7 nitrogen and oxygen atoms in total. The third kappa shape index (κ3) is 4.70. The van der Waals surface area contributed by atoms with Crippen LogP contribution in [0.3, 0.4) is 0 Å². The first kappa shape index (κ1) is 16.8. The van der Waals surface area contributed by atoms with Crippen molar-refractivity contribution in [2.24, 2.45) is 11.8 Å². The summed E-state index contributed by atoms with van der Waals surface area (Å²) in [5, 5.41) is 11.3. The second-order valence-electron chi connectivity index (χ2n) is 5.62. The third-order valence-electron chi connectivity index (χ3n) is 3.75. The van der Waals surface area contributed by atoms with Gasteiger partial charge < -0.3 is 20.1 Å². The average molecular weight is 320 g/mol. The van der Waals surface area contributed by atoms with E-state index in [1.54, 1.807) is 4.90 Å². The molecular formula is C16H20N2O5. The molecule has 2 rings (SSSR count). The molecule has 0 bridgehead atoms. The number of carboxylic acids is 1. The van der Waals surface area contributed by atoms with Crippen molar-refractivity contribution < 1.29 is 24.2 Å². The number of benzene rings is 1. The molecule has 1 aliphatic rings. The van der Waals surface area contributed by atoms with Gasteiger partial charge in [0.2, 0.25) is 5.91 Å². The molecule has 1 aromatic carbocycles. The second kappa shape index (κ2) is 7.62. The second-order valence-corrected chi connectivity index (χ2v) is 5.62. The van der Waals surface area contributed by atoms with Crippen molar-refractivity contribution in [1.82, 2.24) is 10.2 Å². The fourth-order valence-corrected chi connectivity index (χ4v) is 2.17. The third-order valence-corrected chi connectivity index (χ3v) is 3.75. The number of hydrogen-bond donors (Lipinski definition) is 2. The molecule has 1 aromatic rings. The van der Waals surface area contributed by atoms with Gasteiger partial charge in [-0.15, -0.1) is 0 Å². The Hall–Kier alpha value is -2.57. The van der Waals surface area contributed by atoms with Gasteiger partial charge in [0.05, 0.1) is 0 Å². The number of nitrogens with zero attached hydrogens (tertiary/aromatic N) is 1. The van der Waals surface area contributed by atoms with E-state index in [9.17, 15) is 14.4 Å². The highest BCUT2D eigenvalue weighted by atomic mass is 16.6. The molecule has 23 heavy (non-hydrogen) atoms. The first-order chi connectivity index (χ1) is 11.0. The van der Waals surface area contributed by atoms with Crippen molar-refractivity contribution in [1.29, 1.82) is 0 Å². The fourth-order valence-electron chi connectivity index (χ4n) is 2.17. The normalized spacial score (nSPS) is 15.4. The van der Waals surface area contributed by atoms with Gasteiger partial charge in [-0.25, -0.2) is 4.79 Å². The highest BCUT2D eigenvalue weighted by molar-refractivity contribution is 5.96. The van der Waals surface area contributed by atoms with E-state index in [1.807, 2.05) is 30.3 Å². The lowest BCUT2D eigenvalue weighted by Gasteiger charge is -2.38. The Morgan fingerprint density at radius 3 is 2.57 bits per heavy atom. The van der Waals surface area contributed by atoms with Crippen LogP contribution in [0.5, 0.6) is 0 Å². The largest absolute Gasteiger partial charge is 0.481 e. The molecular weight excluding hydrogens is 300 g/mol. The van der Waals surface area contributed by atoms with Crippen molar-refractivity contribution in [3.63, 3.8) is 0 Å². The molecule has 1 aliphatic heterocycles. The highest BCUT2D eigenvalue weighted by Gasteiger charge is 2.32. The Labute approximate surface area is 134 Å². The van der Waals surface area contributed by atoms with Gasteiger partial charge in [-0.3, -0.25) is 9.59 Å². The van der Waals surface area contributed by atoms with Crippen molar-refractivity contribution >= 4 is 18.0 Å². The maximum absolute atomic E-state index is 11.8. The van der Waals surface area contributed by atoms with Crippen LogP contribution in [0.25, 0.3) is 0 Å². The number of ether oxygens (including phenoxy) is 1. The molecule has 0 saturated carbocycles. The summed E-state index contributed by atoms with van der Waals surface area (Å²) in [5.41, 5.74) is 0.924. The van der Waals surface area contributed by atoms with Crippen LogP contribution in [0.1, 0.15) is 12.5 Å². The van der Waals surface area contributed by atoms with Gasteiger partial charge in [0.25, 0.3) is 0 Å². The molecule has 0 aliphatic carbocycles. The summed E-state index contributed by atoms with van der Waals surface area (Å²) in [6.45, 7) is 2.92. The molecule has 0 spiro atoms. The molecule has 1 fully saturated rings. The summed E-state index contributed by atoms with van der Waals surface area (Å²) in [7, 11) is 0. The number of carboxylic acid groups (broad SMARTS) is 1. The van der Waals surface area contributed by atoms with Crippen molar-refractivity contribution in [3.8, 4) is 0 Å². The van der Waals surface area contributed by atoms with Crippen LogP contribution < -0.4 is 5.32 Å². The molecule has 1 heterocycles. The van der Waals surface area contributed by atoms with Gasteiger partial charge in [0.15, 0.2) is 0 Å². The van der Waals surface area contributed by atoms with E-state index in [1.165, 1.54) is 6.92 Å². The van der Waals surface area contributed by atoms with Gasteiger partial charge >= 0.3 is 12.1 Å². The zero-order valence-electron chi connectivity index (χ0n) is 12.9. The smallest absolute Gasteiger partial charge is 0.410 e. The SMILES string of the molecule is C[C@H](C(=O)O)C(=O)NCC1CN(C(=O)OCc2ccccc2)C1. The van der Waals surface area contributed by atoms with Crippen molar-refractivity contribution in [2.45, 2.75) is 13.5 Å². The fraction of sp³-hybridized carbons (Fsp3) is 0.438. The maximum atomic E-state index is 11.8. The van der Waals surface area contributed by atoms with Crippen LogP contribution in [0, 0.1) is 11.8 Å². The summed E-state index contributed by atoms with van der Waals surface area (Å²) in [6, 6.07) is 9.41. The standard InChI is InChI=1S/C16H20N2O5/c1-11(15(20)21)14(19)17-7-13-8-18(9-13)16(22)23-10-12-5-3-2-4-6-12/h2-6,11,13H,7-10H2,1H3,(H,17,19)(H,20,21)/t11-/m0/s1. The first-order valence-electron chi connectivity index (χ1n) is 7.43. The first-order valence-corrected chi connectivity index (χ1v) is 7.43. The predicted molar refractivity (Wildman–Crippen MR) is 81.5 cm³/mol. The Kier molecular flexibility index (Phi) is 5.56. The van der Waals surface area contributed by atoms with Gasteiger partial charge in [-0.05, 0) is 12.5 Å². The van der Waals surface area contributed by atoms with Crippen LogP contribution in [0.4, 0.5) is 4.79 Å². The summed E-state index contributed by atoms with van der Waals surface area (Å²) in [5.74, 6) is -2.60. The number of likely N-dealkylation sites (tertiary alicyclic amines) is 1. The van der Waals surface area contributed by atoms with E-state index in [4.69, 9.17) is 9.84 Å². The van der Waals surface area contributed by atoms with Crippen LogP contribution in [0.15, 0.2) is 30.3 Å². The Balaban J connectivity index is 1.63. The van der Waals surface area contributed by atoms with Crippen molar-refractivity contribution in [3.05, 3.63) is 35.9 Å². The van der Waals surface area contributed by atoms with E-state index in [0.29, 0.717) is 19.6 Å². The summed E-state index contributed by atoms with van der Waals surface area (Å²) in [6.07, 6.45) is -0.379. The van der Waals surface area contributed by atoms with Crippen LogP contribution in [-0.4, -0.2) is 47.6 Å². The average Bonchev–Trinajstić information content (AvgIpc) is 2.51. The number of rotatable bonds is 6. The summed E-state index contributed by atoms with van der Waals surface area (Å²) in [4.78, 5) is 35.5. The Morgan fingerprint density at radius 2 is 1.96 bits per heavy atom. The van der Waals surface area contributed by atoms with E-state index < -0.39 is 17.8 Å². The minimum atomic E-state index is -1.15. The van der Waals surface area contributed by atoms with Gasteiger partial charge in [0, 0.05) is 25.6 Å².